The van der Waals surface area contributed by atoms with E-state index >= 15 is 0 Å². The molecular formula is C28H39IN6O6. The van der Waals surface area contributed by atoms with Gasteiger partial charge in [-0.15, -0.1) is 0 Å². The zero-order chi connectivity index (χ0) is 30.4. The number of hydrogen-bond donors (Lipinski definition) is 5. The van der Waals surface area contributed by atoms with E-state index in [0.717, 1.165) is 14.9 Å². The van der Waals surface area contributed by atoms with Crippen molar-refractivity contribution in [2.24, 2.45) is 11.7 Å². The quantitative estimate of drug-likeness (QED) is 0.0727. The number of nitrogens with zero attached hydrogens (tertiary/aromatic N) is 1. The van der Waals surface area contributed by atoms with Crippen molar-refractivity contribution in [1.82, 2.24) is 20.9 Å². The molecule has 0 fully saturated rings. The molecule has 2 rings (SSSR count). The van der Waals surface area contributed by atoms with Crippen molar-refractivity contribution in [2.45, 2.75) is 68.9 Å². The third-order valence-corrected chi connectivity index (χ3v) is 7.31. The summed E-state index contributed by atoms with van der Waals surface area (Å²) >= 11 is 2.25. The fourth-order valence-electron chi connectivity index (χ4n) is 4.12. The van der Waals surface area contributed by atoms with Gasteiger partial charge < -0.3 is 27.0 Å². The lowest BCUT2D eigenvalue weighted by Crippen LogP contribution is -2.54. The molecule has 0 bridgehead atoms. The molecule has 0 spiro atoms. The van der Waals surface area contributed by atoms with Crippen LogP contribution in [0.3, 0.4) is 0 Å². The van der Waals surface area contributed by atoms with Crippen LogP contribution in [0.5, 0.6) is 0 Å². The first-order valence-electron chi connectivity index (χ1n) is 13.6. The lowest BCUT2D eigenvalue weighted by Gasteiger charge is -2.25. The van der Waals surface area contributed by atoms with Gasteiger partial charge in [0.1, 0.15) is 12.1 Å². The second-order valence-electron chi connectivity index (χ2n) is 10.1. The monoisotopic (exact) mass is 682 g/mol. The molecule has 6 N–H and O–H groups in total. The first-order valence-corrected chi connectivity index (χ1v) is 15.2. The van der Waals surface area contributed by atoms with Gasteiger partial charge in [-0.3, -0.25) is 28.9 Å². The highest BCUT2D eigenvalue weighted by Crippen LogP contribution is 2.14. The van der Waals surface area contributed by atoms with Gasteiger partial charge in [0.25, 0.3) is 11.8 Å². The van der Waals surface area contributed by atoms with E-state index in [1.165, 1.54) is 12.2 Å². The maximum absolute atomic E-state index is 13.2. The molecule has 0 saturated heterocycles. The van der Waals surface area contributed by atoms with Gasteiger partial charge in [0.05, 0.1) is 0 Å². The van der Waals surface area contributed by atoms with Crippen LogP contribution in [0.1, 0.15) is 57.9 Å². The molecule has 1 aromatic carbocycles. The number of benzene rings is 1. The lowest BCUT2D eigenvalue weighted by atomic mass is 10.0. The zero-order valence-electron chi connectivity index (χ0n) is 23.4. The molecule has 0 aliphatic carbocycles. The second-order valence-corrected chi connectivity index (χ2v) is 10.8. The number of primary amides is 1. The fraction of sp³-hybridized carbons (Fsp3) is 0.500. The molecule has 0 unspecified atom stereocenters. The maximum Gasteiger partial charge on any atom is 0.312 e. The van der Waals surface area contributed by atoms with E-state index in [-0.39, 0.29) is 43.0 Å². The Kier molecular flexibility index (Phi) is 14.3. The minimum absolute atomic E-state index is 0.173. The second kappa shape index (κ2) is 17.4. The minimum atomic E-state index is -0.912. The fourth-order valence-corrected chi connectivity index (χ4v) is 4.63. The standard InChI is InChI=1S/C28H39IN6O6/c1-18(2)25(34-22(36)8-4-3-5-16-35-23(37)13-14-24(35)38)27(40)33-21(7-6-15-31-28(30)41)26(39)32-20-11-9-19(17-29)10-12-20/h9-14,18,21,25H,3-8,15-17H2,1-2H3,(H,32,39)(H,33,40)(H,34,36)(H3,30,31,41)/t21-,25-/m0/s1. The van der Waals surface area contributed by atoms with Crippen LogP contribution >= 0.6 is 22.6 Å². The molecule has 0 radical (unpaired) electrons. The Bertz CT molecular complexity index is 1110. The number of nitrogens with one attached hydrogen (secondary N) is 4. The predicted octanol–water partition coefficient (Wildman–Crippen LogP) is 2.12. The average molecular weight is 683 g/mol. The van der Waals surface area contributed by atoms with Crippen molar-refractivity contribution < 1.29 is 28.8 Å². The smallest absolute Gasteiger partial charge is 0.312 e. The number of anilines is 1. The number of halogens is 1. The summed E-state index contributed by atoms with van der Waals surface area (Å²) in [5, 5.41) is 10.8. The molecule has 0 saturated carbocycles. The van der Waals surface area contributed by atoms with E-state index in [1.807, 2.05) is 12.1 Å². The number of carbonyl (C=O) groups is 6. The first-order chi connectivity index (χ1) is 19.5. The number of rotatable bonds is 17. The molecule has 13 heteroatoms. The van der Waals surface area contributed by atoms with Crippen LogP contribution in [0, 0.1) is 5.92 Å². The van der Waals surface area contributed by atoms with Crippen LogP contribution in [0.2, 0.25) is 0 Å². The maximum atomic E-state index is 13.2. The highest BCUT2D eigenvalue weighted by molar-refractivity contribution is 14.1. The highest BCUT2D eigenvalue weighted by Gasteiger charge is 2.29. The number of urea groups is 1. The third kappa shape index (κ3) is 11.9. The van der Waals surface area contributed by atoms with E-state index in [0.29, 0.717) is 37.9 Å². The van der Waals surface area contributed by atoms with E-state index in [2.05, 4.69) is 43.9 Å². The van der Waals surface area contributed by atoms with E-state index in [9.17, 15) is 28.8 Å². The van der Waals surface area contributed by atoms with Crippen molar-refractivity contribution in [3.05, 3.63) is 42.0 Å². The first kappa shape index (κ1) is 33.7. The van der Waals surface area contributed by atoms with Crippen LogP contribution in [0.25, 0.3) is 0 Å². The Labute approximate surface area is 253 Å². The molecule has 2 atom stereocenters. The van der Waals surface area contributed by atoms with Crippen LogP contribution in [0.15, 0.2) is 36.4 Å². The molecule has 41 heavy (non-hydrogen) atoms. The summed E-state index contributed by atoms with van der Waals surface area (Å²) < 4.78 is 0.832. The molecular weight excluding hydrogens is 643 g/mol. The Balaban J connectivity index is 1.92. The summed E-state index contributed by atoms with van der Waals surface area (Å²) in [4.78, 5) is 74.3. The number of carbonyl (C=O) groups excluding carboxylic acids is 6. The number of amides is 7. The van der Waals surface area contributed by atoms with Crippen LogP contribution in [-0.2, 0) is 28.4 Å². The largest absolute Gasteiger partial charge is 0.352 e. The molecule has 1 aliphatic rings. The number of imide groups is 1. The normalized spacial score (nSPS) is 14.1. The summed E-state index contributed by atoms with van der Waals surface area (Å²) in [7, 11) is 0. The summed E-state index contributed by atoms with van der Waals surface area (Å²) in [6.45, 7) is 4.12. The van der Waals surface area contributed by atoms with Gasteiger partial charge in [0.15, 0.2) is 0 Å². The summed E-state index contributed by atoms with van der Waals surface area (Å²) in [5.74, 6) is -2.13. The van der Waals surface area contributed by atoms with Crippen LogP contribution in [-0.4, -0.2) is 65.6 Å². The molecule has 1 aromatic rings. The summed E-state index contributed by atoms with van der Waals surface area (Å²) in [6.07, 6.45) is 5.00. The summed E-state index contributed by atoms with van der Waals surface area (Å²) in [6, 6.07) is 4.92. The van der Waals surface area contributed by atoms with Crippen molar-refractivity contribution in [1.29, 1.82) is 0 Å². The Morgan fingerprint density at radius 1 is 0.902 bits per heavy atom. The molecule has 12 nitrogen and oxygen atoms in total. The SMILES string of the molecule is CC(C)[C@H](NC(=O)CCCCCN1C(=O)C=CC1=O)C(=O)N[C@@H](CCCNC(N)=O)C(=O)Nc1ccc(CI)cc1. The molecule has 224 valence electrons. The van der Waals surface area contributed by atoms with Gasteiger partial charge >= 0.3 is 6.03 Å². The Hall–Kier alpha value is -3.49. The van der Waals surface area contributed by atoms with Gasteiger partial charge in [-0.1, -0.05) is 55.0 Å². The van der Waals surface area contributed by atoms with Gasteiger partial charge in [0.2, 0.25) is 17.7 Å². The van der Waals surface area contributed by atoms with Crippen molar-refractivity contribution in [3.8, 4) is 0 Å². The molecule has 0 aromatic heterocycles. The van der Waals surface area contributed by atoms with Crippen molar-refractivity contribution >= 4 is 63.8 Å². The molecule has 1 heterocycles. The number of alkyl halides is 1. The zero-order valence-corrected chi connectivity index (χ0v) is 25.6. The van der Waals surface area contributed by atoms with E-state index in [4.69, 9.17) is 5.73 Å². The van der Waals surface area contributed by atoms with E-state index < -0.39 is 29.9 Å². The summed E-state index contributed by atoms with van der Waals surface area (Å²) in [5.41, 5.74) is 6.81. The predicted molar refractivity (Wildman–Crippen MR) is 163 cm³/mol. The average Bonchev–Trinajstić information content (AvgIpc) is 3.25. The van der Waals surface area contributed by atoms with Crippen molar-refractivity contribution in [2.75, 3.05) is 18.4 Å². The number of hydrogen-bond acceptors (Lipinski definition) is 6. The Morgan fingerprint density at radius 3 is 2.15 bits per heavy atom. The highest BCUT2D eigenvalue weighted by atomic mass is 127. The van der Waals surface area contributed by atoms with E-state index in [1.54, 1.807) is 26.0 Å². The van der Waals surface area contributed by atoms with Crippen LogP contribution < -0.4 is 27.0 Å². The van der Waals surface area contributed by atoms with Gasteiger partial charge in [-0.2, -0.15) is 0 Å². The lowest BCUT2D eigenvalue weighted by molar-refractivity contribution is -0.137. The molecule has 7 amide bonds. The molecule has 1 aliphatic heterocycles. The number of unbranched alkanes of at least 4 members (excludes halogenated alkanes) is 2. The van der Waals surface area contributed by atoms with Crippen molar-refractivity contribution in [3.63, 3.8) is 0 Å². The van der Waals surface area contributed by atoms with Gasteiger partial charge in [-0.05, 0) is 49.3 Å². The minimum Gasteiger partial charge on any atom is -0.352 e. The van der Waals surface area contributed by atoms with Crippen LogP contribution in [0.4, 0.5) is 10.5 Å². The topological polar surface area (TPSA) is 180 Å². The van der Waals surface area contributed by atoms with Gasteiger partial charge in [0, 0.05) is 41.8 Å². The third-order valence-electron chi connectivity index (χ3n) is 6.43. The Morgan fingerprint density at radius 2 is 1.56 bits per heavy atom. The number of nitrogens with two attached hydrogens (primary N) is 1. The van der Waals surface area contributed by atoms with Gasteiger partial charge in [-0.25, -0.2) is 4.79 Å².